The number of rotatable bonds is 4. The van der Waals surface area contributed by atoms with E-state index in [0.29, 0.717) is 18.0 Å². The van der Waals surface area contributed by atoms with Gasteiger partial charge in [-0.15, -0.1) is 0 Å². The van der Waals surface area contributed by atoms with Crippen molar-refractivity contribution in [2.24, 2.45) is 5.84 Å². The summed E-state index contributed by atoms with van der Waals surface area (Å²) in [6.45, 7) is 3.91. The Morgan fingerprint density at radius 3 is 2.79 bits per heavy atom. The lowest BCUT2D eigenvalue weighted by Crippen LogP contribution is -2.25. The molecule has 2 aromatic rings. The van der Waals surface area contributed by atoms with Crippen molar-refractivity contribution in [2.45, 2.75) is 20.4 Å². The molecule has 0 bridgehead atoms. The van der Waals surface area contributed by atoms with Gasteiger partial charge in [-0.25, -0.2) is 15.8 Å². The molecule has 100 valence electrons. The number of nitrogens with zero attached hydrogens (tertiary/aromatic N) is 2. The summed E-state index contributed by atoms with van der Waals surface area (Å²) in [4.78, 5) is 19.9. The van der Waals surface area contributed by atoms with E-state index in [2.05, 4.69) is 20.7 Å². The number of hydrazine groups is 1. The maximum absolute atomic E-state index is 11.9. The second-order valence-corrected chi connectivity index (χ2v) is 4.06. The molecule has 7 heteroatoms. The van der Waals surface area contributed by atoms with E-state index in [4.69, 9.17) is 10.3 Å². The second-order valence-electron chi connectivity index (χ2n) is 4.06. The zero-order valence-electron chi connectivity index (χ0n) is 10.7. The van der Waals surface area contributed by atoms with E-state index in [1.165, 1.54) is 0 Å². The molecule has 2 aromatic heterocycles. The van der Waals surface area contributed by atoms with Crippen molar-refractivity contribution in [1.29, 1.82) is 0 Å². The third kappa shape index (κ3) is 3.29. The third-order valence-electron chi connectivity index (χ3n) is 2.44. The van der Waals surface area contributed by atoms with Gasteiger partial charge in [0.1, 0.15) is 17.2 Å². The van der Waals surface area contributed by atoms with Gasteiger partial charge in [-0.3, -0.25) is 10.2 Å². The molecule has 19 heavy (non-hydrogen) atoms. The smallest absolute Gasteiger partial charge is 0.270 e. The van der Waals surface area contributed by atoms with Gasteiger partial charge >= 0.3 is 0 Å². The van der Waals surface area contributed by atoms with Crippen LogP contribution in [0.4, 0.5) is 5.95 Å². The molecule has 0 saturated carbocycles. The number of carbonyl (C=O) groups excluding carboxylic acids is 1. The number of aryl methyl sites for hydroxylation is 2. The zero-order chi connectivity index (χ0) is 13.8. The monoisotopic (exact) mass is 261 g/mol. The molecule has 0 aromatic carbocycles. The summed E-state index contributed by atoms with van der Waals surface area (Å²) in [7, 11) is 0. The Morgan fingerprint density at radius 2 is 2.16 bits per heavy atom. The Kier molecular flexibility index (Phi) is 3.76. The van der Waals surface area contributed by atoms with Gasteiger partial charge in [0.15, 0.2) is 0 Å². The molecule has 0 unspecified atom stereocenters. The summed E-state index contributed by atoms with van der Waals surface area (Å²) in [6, 6.07) is 5.24. The topological polar surface area (TPSA) is 106 Å². The van der Waals surface area contributed by atoms with Crippen LogP contribution < -0.4 is 16.6 Å². The molecule has 0 aliphatic heterocycles. The first kappa shape index (κ1) is 13.0. The van der Waals surface area contributed by atoms with Crippen LogP contribution in [0, 0.1) is 13.8 Å². The molecule has 0 saturated heterocycles. The number of anilines is 1. The molecular formula is C12H15N5O2. The van der Waals surface area contributed by atoms with Crippen LogP contribution in [-0.2, 0) is 6.54 Å². The SMILES string of the molecule is Cc1cc(C(=O)NCc2ccc(C)o2)nc(NN)n1. The number of nitrogen functional groups attached to an aromatic ring is 1. The first-order valence-corrected chi connectivity index (χ1v) is 5.74. The number of hydrogen-bond acceptors (Lipinski definition) is 6. The van der Waals surface area contributed by atoms with Crippen molar-refractivity contribution in [3.8, 4) is 0 Å². The fourth-order valence-corrected chi connectivity index (χ4v) is 1.59. The Labute approximate surface area is 110 Å². The van der Waals surface area contributed by atoms with E-state index in [-0.39, 0.29) is 17.5 Å². The van der Waals surface area contributed by atoms with Crippen LogP contribution in [0.5, 0.6) is 0 Å². The number of aromatic nitrogens is 2. The normalized spacial score (nSPS) is 10.3. The van der Waals surface area contributed by atoms with E-state index >= 15 is 0 Å². The molecule has 0 radical (unpaired) electrons. The Bertz CT molecular complexity index is 594. The fraction of sp³-hybridized carbons (Fsp3) is 0.250. The number of amides is 1. The summed E-state index contributed by atoms with van der Waals surface area (Å²) in [5.74, 6) is 6.62. The van der Waals surface area contributed by atoms with E-state index < -0.39 is 0 Å². The highest BCUT2D eigenvalue weighted by atomic mass is 16.3. The van der Waals surface area contributed by atoms with Crippen molar-refractivity contribution >= 4 is 11.9 Å². The Morgan fingerprint density at radius 1 is 1.37 bits per heavy atom. The van der Waals surface area contributed by atoms with Crippen molar-refractivity contribution in [3.05, 3.63) is 41.1 Å². The molecule has 2 heterocycles. The number of carbonyl (C=O) groups is 1. The van der Waals surface area contributed by atoms with Crippen LogP contribution in [-0.4, -0.2) is 15.9 Å². The number of nitrogens with two attached hydrogens (primary N) is 1. The molecule has 4 N–H and O–H groups in total. The van der Waals surface area contributed by atoms with Gasteiger partial charge in [0.25, 0.3) is 5.91 Å². The predicted octanol–water partition coefficient (Wildman–Crippen LogP) is 0.902. The van der Waals surface area contributed by atoms with E-state index in [9.17, 15) is 4.79 Å². The van der Waals surface area contributed by atoms with Gasteiger partial charge in [0.2, 0.25) is 5.95 Å². The molecule has 2 rings (SSSR count). The van der Waals surface area contributed by atoms with Gasteiger partial charge in [-0.1, -0.05) is 0 Å². The quantitative estimate of drug-likeness (QED) is 0.557. The minimum absolute atomic E-state index is 0.207. The summed E-state index contributed by atoms with van der Waals surface area (Å²) in [6.07, 6.45) is 0. The molecule has 0 atom stereocenters. The number of nitrogens with one attached hydrogen (secondary N) is 2. The lowest BCUT2D eigenvalue weighted by molar-refractivity contribution is 0.0942. The Hall–Kier alpha value is -2.41. The summed E-state index contributed by atoms with van der Waals surface area (Å²) in [5, 5.41) is 2.72. The highest BCUT2D eigenvalue weighted by Crippen LogP contribution is 2.07. The molecule has 1 amide bonds. The van der Waals surface area contributed by atoms with Gasteiger partial charge in [-0.2, -0.15) is 0 Å². The van der Waals surface area contributed by atoms with Gasteiger partial charge < -0.3 is 9.73 Å². The minimum Gasteiger partial charge on any atom is -0.465 e. The van der Waals surface area contributed by atoms with Gasteiger partial charge in [0, 0.05) is 5.69 Å². The van der Waals surface area contributed by atoms with E-state index in [1.54, 1.807) is 13.0 Å². The highest BCUT2D eigenvalue weighted by Gasteiger charge is 2.10. The fourth-order valence-electron chi connectivity index (χ4n) is 1.59. The lowest BCUT2D eigenvalue weighted by atomic mass is 10.3. The number of furan rings is 1. The average molecular weight is 261 g/mol. The third-order valence-corrected chi connectivity index (χ3v) is 2.44. The van der Waals surface area contributed by atoms with Gasteiger partial charge in [-0.05, 0) is 32.0 Å². The standard InChI is InChI=1S/C12H15N5O2/c1-7-5-10(16-12(15-7)17-13)11(18)14-6-9-4-3-8(2)19-9/h3-5H,6,13H2,1-2H3,(H,14,18)(H,15,16,17). The van der Waals surface area contributed by atoms with Crippen LogP contribution in [0.25, 0.3) is 0 Å². The first-order valence-electron chi connectivity index (χ1n) is 5.74. The van der Waals surface area contributed by atoms with Crippen molar-refractivity contribution in [3.63, 3.8) is 0 Å². The van der Waals surface area contributed by atoms with E-state index in [1.807, 2.05) is 19.1 Å². The molecule has 7 nitrogen and oxygen atoms in total. The molecule has 0 fully saturated rings. The van der Waals surface area contributed by atoms with Crippen molar-refractivity contribution in [1.82, 2.24) is 15.3 Å². The average Bonchev–Trinajstić information content (AvgIpc) is 2.81. The highest BCUT2D eigenvalue weighted by molar-refractivity contribution is 5.92. The largest absolute Gasteiger partial charge is 0.465 e. The van der Waals surface area contributed by atoms with E-state index in [0.717, 1.165) is 5.76 Å². The zero-order valence-corrected chi connectivity index (χ0v) is 10.7. The maximum Gasteiger partial charge on any atom is 0.270 e. The van der Waals surface area contributed by atoms with Crippen LogP contribution in [0.1, 0.15) is 27.7 Å². The van der Waals surface area contributed by atoms with Crippen LogP contribution in [0.3, 0.4) is 0 Å². The Balaban J connectivity index is 2.05. The molecular weight excluding hydrogens is 246 g/mol. The maximum atomic E-state index is 11.9. The molecule has 0 spiro atoms. The lowest BCUT2D eigenvalue weighted by Gasteiger charge is -2.05. The first-order chi connectivity index (χ1) is 9.08. The summed E-state index contributed by atoms with van der Waals surface area (Å²) < 4.78 is 5.36. The number of hydrogen-bond donors (Lipinski definition) is 3. The van der Waals surface area contributed by atoms with Crippen LogP contribution in [0.15, 0.2) is 22.6 Å². The van der Waals surface area contributed by atoms with Crippen molar-refractivity contribution in [2.75, 3.05) is 5.43 Å². The molecule has 0 aliphatic rings. The summed E-state index contributed by atoms with van der Waals surface area (Å²) in [5.41, 5.74) is 3.23. The van der Waals surface area contributed by atoms with Crippen LogP contribution in [0.2, 0.25) is 0 Å². The summed E-state index contributed by atoms with van der Waals surface area (Å²) >= 11 is 0. The second kappa shape index (κ2) is 5.49. The van der Waals surface area contributed by atoms with Gasteiger partial charge in [0.05, 0.1) is 6.54 Å². The minimum atomic E-state index is -0.309. The predicted molar refractivity (Wildman–Crippen MR) is 69.2 cm³/mol. The molecule has 0 aliphatic carbocycles. The van der Waals surface area contributed by atoms with Crippen LogP contribution >= 0.6 is 0 Å². The van der Waals surface area contributed by atoms with Crippen molar-refractivity contribution < 1.29 is 9.21 Å².